The number of thiocarbonyl (C=S) groups is 1. The number of imide groups is 1. The van der Waals surface area contributed by atoms with Gasteiger partial charge in [0.2, 0.25) is 5.91 Å². The lowest BCUT2D eigenvalue weighted by molar-refractivity contribution is -0.122. The smallest absolute Gasteiger partial charge is 0.257 e. The molecule has 4 rings (SSSR count). The van der Waals surface area contributed by atoms with Crippen molar-refractivity contribution in [2.75, 3.05) is 23.9 Å². The molecule has 1 fully saturated rings. The molecule has 0 aliphatic carbocycles. The van der Waals surface area contributed by atoms with Crippen molar-refractivity contribution in [3.63, 3.8) is 0 Å². The summed E-state index contributed by atoms with van der Waals surface area (Å²) in [5.41, 5.74) is 2.38. The highest BCUT2D eigenvalue weighted by Gasteiger charge is 2.43. The summed E-state index contributed by atoms with van der Waals surface area (Å²) in [7, 11) is 1.62. The molecule has 2 amide bonds. The van der Waals surface area contributed by atoms with E-state index in [9.17, 15) is 9.59 Å². The summed E-state index contributed by atoms with van der Waals surface area (Å²) in [5, 5.41) is 4.14. The molecule has 1 heterocycles. The Bertz CT molecular complexity index is 1170. The van der Waals surface area contributed by atoms with Gasteiger partial charge in [-0.3, -0.25) is 9.59 Å². The highest BCUT2D eigenvalue weighted by Crippen LogP contribution is 2.28. The summed E-state index contributed by atoms with van der Waals surface area (Å²) in [5.74, 6) is 0.200. The van der Waals surface area contributed by atoms with Crippen molar-refractivity contribution in [1.29, 1.82) is 0 Å². The van der Waals surface area contributed by atoms with E-state index in [1.807, 2.05) is 59.5 Å². The number of anilines is 2. The molecule has 0 spiro atoms. The molecule has 3 aromatic carbocycles. The summed E-state index contributed by atoms with van der Waals surface area (Å²) in [4.78, 5) is 29.3. The standard InChI is InChI=1S/C26H24ClN3O3S/c1-33-22-13-7-18(8-14-22)15-16-29(26(34)28-20-5-3-2-4-6-20)23-17-24(31)30(25(23)32)21-11-9-19(27)10-12-21/h2-14,23H,15-17H2,1H3,(H,28,34)/t23-/m0/s1. The monoisotopic (exact) mass is 493 g/mol. The predicted molar refractivity (Wildman–Crippen MR) is 138 cm³/mol. The Morgan fingerprint density at radius 2 is 1.74 bits per heavy atom. The largest absolute Gasteiger partial charge is 0.497 e. The van der Waals surface area contributed by atoms with Crippen LogP contribution in [-0.2, 0) is 16.0 Å². The number of ether oxygens (including phenoxy) is 1. The summed E-state index contributed by atoms with van der Waals surface area (Å²) in [6, 6.07) is 23.2. The lowest BCUT2D eigenvalue weighted by atomic mass is 10.1. The number of hydrogen-bond donors (Lipinski definition) is 1. The van der Waals surface area contributed by atoms with E-state index in [2.05, 4.69) is 5.32 Å². The van der Waals surface area contributed by atoms with Gasteiger partial charge in [-0.1, -0.05) is 41.9 Å². The van der Waals surface area contributed by atoms with E-state index in [0.29, 0.717) is 28.8 Å². The quantitative estimate of drug-likeness (QED) is 0.372. The fourth-order valence-corrected chi connectivity index (χ4v) is 4.34. The van der Waals surface area contributed by atoms with E-state index in [1.54, 1.807) is 31.4 Å². The first-order valence-electron chi connectivity index (χ1n) is 10.8. The van der Waals surface area contributed by atoms with Gasteiger partial charge in [-0.25, -0.2) is 4.90 Å². The highest BCUT2D eigenvalue weighted by molar-refractivity contribution is 7.80. The lowest BCUT2D eigenvalue weighted by Gasteiger charge is -2.30. The zero-order chi connectivity index (χ0) is 24.1. The summed E-state index contributed by atoms with van der Waals surface area (Å²) >= 11 is 11.7. The molecule has 1 N–H and O–H groups in total. The van der Waals surface area contributed by atoms with Crippen molar-refractivity contribution in [2.24, 2.45) is 0 Å². The maximum absolute atomic E-state index is 13.4. The second kappa shape index (κ2) is 10.7. The number of para-hydroxylation sites is 1. The van der Waals surface area contributed by atoms with E-state index in [4.69, 9.17) is 28.6 Å². The van der Waals surface area contributed by atoms with Crippen LogP contribution in [0, 0.1) is 0 Å². The number of carbonyl (C=O) groups excluding carboxylic acids is 2. The molecule has 6 nitrogen and oxygen atoms in total. The molecule has 0 unspecified atom stereocenters. The Hall–Kier alpha value is -3.42. The molecule has 1 atom stereocenters. The van der Waals surface area contributed by atoms with Crippen molar-refractivity contribution in [3.8, 4) is 5.75 Å². The molecule has 0 radical (unpaired) electrons. The second-order valence-corrected chi connectivity index (χ2v) is 8.67. The Morgan fingerprint density at radius 3 is 2.38 bits per heavy atom. The average Bonchev–Trinajstić information content (AvgIpc) is 3.14. The number of benzene rings is 3. The third kappa shape index (κ3) is 5.38. The molecule has 0 bridgehead atoms. The molecule has 1 saturated heterocycles. The van der Waals surface area contributed by atoms with Crippen LogP contribution in [0.3, 0.4) is 0 Å². The minimum atomic E-state index is -0.704. The third-order valence-electron chi connectivity index (χ3n) is 5.67. The van der Waals surface area contributed by atoms with Crippen LogP contribution in [0.4, 0.5) is 11.4 Å². The van der Waals surface area contributed by atoms with Crippen molar-refractivity contribution in [2.45, 2.75) is 18.9 Å². The van der Waals surface area contributed by atoms with Gasteiger partial charge in [0.15, 0.2) is 5.11 Å². The molecule has 0 aromatic heterocycles. The molecule has 1 aliphatic rings. The van der Waals surface area contributed by atoms with Gasteiger partial charge in [0.05, 0.1) is 19.2 Å². The number of methoxy groups -OCH3 is 1. The first-order chi connectivity index (χ1) is 16.5. The number of halogens is 1. The van der Waals surface area contributed by atoms with Crippen molar-refractivity contribution < 1.29 is 14.3 Å². The van der Waals surface area contributed by atoms with Gasteiger partial charge in [-0.2, -0.15) is 0 Å². The molecular formula is C26H24ClN3O3S. The van der Waals surface area contributed by atoms with Gasteiger partial charge in [-0.15, -0.1) is 0 Å². The van der Waals surface area contributed by atoms with Gasteiger partial charge in [0, 0.05) is 17.3 Å². The van der Waals surface area contributed by atoms with Gasteiger partial charge in [-0.05, 0) is 72.7 Å². The van der Waals surface area contributed by atoms with Crippen LogP contribution in [-0.4, -0.2) is 41.5 Å². The van der Waals surface area contributed by atoms with Crippen LogP contribution < -0.4 is 15.0 Å². The molecule has 34 heavy (non-hydrogen) atoms. The van der Waals surface area contributed by atoms with Gasteiger partial charge in [0.25, 0.3) is 5.91 Å². The Labute approximate surface area is 209 Å². The summed E-state index contributed by atoms with van der Waals surface area (Å²) in [6.07, 6.45) is 0.681. The van der Waals surface area contributed by atoms with Gasteiger partial charge >= 0.3 is 0 Å². The van der Waals surface area contributed by atoms with E-state index in [0.717, 1.165) is 17.0 Å². The fourth-order valence-electron chi connectivity index (χ4n) is 3.88. The first kappa shape index (κ1) is 23.7. The zero-order valence-electron chi connectivity index (χ0n) is 18.6. The number of nitrogens with zero attached hydrogens (tertiary/aromatic N) is 2. The van der Waals surface area contributed by atoms with Crippen molar-refractivity contribution >= 4 is 52.1 Å². The van der Waals surface area contributed by atoms with E-state index < -0.39 is 6.04 Å². The summed E-state index contributed by atoms with van der Waals surface area (Å²) in [6.45, 7) is 0.461. The average molecular weight is 494 g/mol. The number of nitrogens with one attached hydrogen (secondary N) is 1. The predicted octanol–water partition coefficient (Wildman–Crippen LogP) is 4.92. The number of hydrogen-bond acceptors (Lipinski definition) is 4. The van der Waals surface area contributed by atoms with E-state index in [-0.39, 0.29) is 18.2 Å². The number of carbonyl (C=O) groups is 2. The number of amides is 2. The molecule has 174 valence electrons. The Kier molecular flexibility index (Phi) is 7.45. The normalized spacial score (nSPS) is 15.4. The number of rotatable bonds is 7. The van der Waals surface area contributed by atoms with Crippen LogP contribution in [0.5, 0.6) is 5.75 Å². The Balaban J connectivity index is 1.57. The maximum Gasteiger partial charge on any atom is 0.257 e. The van der Waals surface area contributed by atoms with Gasteiger partial charge < -0.3 is 15.0 Å². The molecule has 1 aliphatic heterocycles. The first-order valence-corrected chi connectivity index (χ1v) is 11.6. The lowest BCUT2D eigenvalue weighted by Crippen LogP contribution is -2.48. The Morgan fingerprint density at radius 1 is 1.06 bits per heavy atom. The molecular weight excluding hydrogens is 470 g/mol. The van der Waals surface area contributed by atoms with Crippen LogP contribution in [0.1, 0.15) is 12.0 Å². The SMILES string of the molecule is COc1ccc(CCN(C(=S)Nc2ccccc2)[C@H]2CC(=O)N(c3ccc(Cl)cc3)C2=O)cc1. The van der Waals surface area contributed by atoms with Crippen molar-refractivity contribution in [1.82, 2.24) is 4.90 Å². The third-order valence-corrected chi connectivity index (χ3v) is 6.26. The van der Waals surface area contributed by atoms with Crippen LogP contribution in [0.25, 0.3) is 0 Å². The van der Waals surface area contributed by atoms with Crippen LogP contribution in [0.15, 0.2) is 78.9 Å². The van der Waals surface area contributed by atoms with Crippen molar-refractivity contribution in [3.05, 3.63) is 89.4 Å². The van der Waals surface area contributed by atoms with Gasteiger partial charge in [0.1, 0.15) is 11.8 Å². The topological polar surface area (TPSA) is 61.9 Å². The fraction of sp³-hybridized carbons (Fsp3) is 0.192. The minimum absolute atomic E-state index is 0.0423. The zero-order valence-corrected chi connectivity index (χ0v) is 20.2. The highest BCUT2D eigenvalue weighted by atomic mass is 35.5. The van der Waals surface area contributed by atoms with Crippen LogP contribution in [0.2, 0.25) is 5.02 Å². The summed E-state index contributed by atoms with van der Waals surface area (Å²) < 4.78 is 5.23. The van der Waals surface area contributed by atoms with E-state index in [1.165, 1.54) is 4.90 Å². The van der Waals surface area contributed by atoms with E-state index >= 15 is 0 Å². The molecule has 8 heteroatoms. The molecule has 3 aromatic rings. The minimum Gasteiger partial charge on any atom is -0.497 e. The molecule has 0 saturated carbocycles. The van der Waals surface area contributed by atoms with Crippen LogP contribution >= 0.6 is 23.8 Å². The second-order valence-electron chi connectivity index (χ2n) is 7.85. The maximum atomic E-state index is 13.4.